The lowest BCUT2D eigenvalue weighted by atomic mass is 10.0. The summed E-state index contributed by atoms with van der Waals surface area (Å²) in [6.07, 6.45) is 8.51. The number of rotatable bonds is 7. The van der Waals surface area contributed by atoms with Gasteiger partial charge in [0.15, 0.2) is 0 Å². The van der Waals surface area contributed by atoms with E-state index in [0.717, 1.165) is 51.7 Å². The van der Waals surface area contributed by atoms with E-state index in [0.29, 0.717) is 16.3 Å². The molecule has 1 saturated carbocycles. The summed E-state index contributed by atoms with van der Waals surface area (Å²) in [5.41, 5.74) is 2.23. The molecule has 1 aromatic carbocycles. The molecule has 0 radical (unpaired) electrons. The highest BCUT2D eigenvalue weighted by atomic mass is 35.5. The SMILES string of the molecule is O=C(Nc1ccc(Cl)c(C(=O)NC2CC2)c1)NC1CCN(CCc2ccncc2)CC1. The maximum atomic E-state index is 12.5. The average molecular weight is 442 g/mol. The summed E-state index contributed by atoms with van der Waals surface area (Å²) in [5.74, 6) is -0.198. The van der Waals surface area contributed by atoms with Gasteiger partial charge in [-0.3, -0.25) is 9.78 Å². The third-order valence-electron chi connectivity index (χ3n) is 5.77. The summed E-state index contributed by atoms with van der Waals surface area (Å²) in [6.45, 7) is 2.93. The van der Waals surface area contributed by atoms with E-state index in [1.807, 2.05) is 12.4 Å². The number of piperidine rings is 1. The molecule has 3 amide bonds. The maximum Gasteiger partial charge on any atom is 0.319 e. The highest BCUT2D eigenvalue weighted by Crippen LogP contribution is 2.24. The quantitative estimate of drug-likeness (QED) is 0.614. The van der Waals surface area contributed by atoms with Gasteiger partial charge in [-0.15, -0.1) is 0 Å². The van der Waals surface area contributed by atoms with Gasteiger partial charge in [0.2, 0.25) is 0 Å². The Morgan fingerprint density at radius 1 is 1.00 bits per heavy atom. The van der Waals surface area contributed by atoms with Crippen molar-refractivity contribution in [3.8, 4) is 0 Å². The van der Waals surface area contributed by atoms with Crippen LogP contribution in [0.15, 0.2) is 42.7 Å². The van der Waals surface area contributed by atoms with E-state index in [2.05, 4.69) is 38.0 Å². The van der Waals surface area contributed by atoms with E-state index in [4.69, 9.17) is 11.6 Å². The molecule has 2 aromatic rings. The number of carbonyl (C=O) groups excluding carboxylic acids is 2. The smallest absolute Gasteiger partial charge is 0.319 e. The Hall–Kier alpha value is -2.64. The van der Waals surface area contributed by atoms with Crippen LogP contribution in [0.1, 0.15) is 41.6 Å². The fourth-order valence-electron chi connectivity index (χ4n) is 3.76. The Morgan fingerprint density at radius 2 is 1.71 bits per heavy atom. The van der Waals surface area contributed by atoms with E-state index in [1.54, 1.807) is 18.2 Å². The second-order valence-corrected chi connectivity index (χ2v) is 8.67. The molecule has 7 nitrogen and oxygen atoms in total. The molecule has 0 bridgehead atoms. The first-order valence-electron chi connectivity index (χ1n) is 10.9. The molecule has 2 aliphatic rings. The summed E-state index contributed by atoms with van der Waals surface area (Å²) in [5, 5.41) is 9.18. The van der Waals surface area contributed by atoms with E-state index < -0.39 is 0 Å². The molecule has 1 aromatic heterocycles. The number of anilines is 1. The van der Waals surface area contributed by atoms with E-state index in [1.165, 1.54) is 5.56 Å². The van der Waals surface area contributed by atoms with E-state index in [-0.39, 0.29) is 24.0 Å². The molecule has 1 saturated heterocycles. The third-order valence-corrected chi connectivity index (χ3v) is 6.10. The lowest BCUT2D eigenvalue weighted by molar-refractivity contribution is 0.0951. The van der Waals surface area contributed by atoms with Gasteiger partial charge in [-0.2, -0.15) is 0 Å². The van der Waals surface area contributed by atoms with Crippen molar-refractivity contribution in [2.24, 2.45) is 0 Å². The zero-order chi connectivity index (χ0) is 21.6. The van der Waals surface area contributed by atoms with Crippen LogP contribution in [0, 0.1) is 0 Å². The van der Waals surface area contributed by atoms with Crippen molar-refractivity contribution in [1.29, 1.82) is 0 Å². The Kier molecular flexibility index (Phi) is 7.04. The zero-order valence-electron chi connectivity index (χ0n) is 17.4. The highest BCUT2D eigenvalue weighted by molar-refractivity contribution is 6.34. The lowest BCUT2D eigenvalue weighted by Gasteiger charge is -2.32. The van der Waals surface area contributed by atoms with Gasteiger partial charge in [0, 0.05) is 49.8 Å². The molecule has 4 rings (SSSR count). The Labute approximate surface area is 187 Å². The van der Waals surface area contributed by atoms with Crippen LogP contribution >= 0.6 is 11.6 Å². The number of urea groups is 1. The minimum Gasteiger partial charge on any atom is -0.349 e. The van der Waals surface area contributed by atoms with E-state index >= 15 is 0 Å². The molecular formula is C23H28ClN5O2. The van der Waals surface area contributed by atoms with Crippen LogP contribution in [0.2, 0.25) is 5.02 Å². The summed E-state index contributed by atoms with van der Waals surface area (Å²) < 4.78 is 0. The molecule has 0 spiro atoms. The number of likely N-dealkylation sites (tertiary alicyclic amines) is 1. The second-order valence-electron chi connectivity index (χ2n) is 8.26. The largest absolute Gasteiger partial charge is 0.349 e. The molecule has 1 aliphatic heterocycles. The first-order valence-corrected chi connectivity index (χ1v) is 11.2. The molecule has 2 heterocycles. The molecule has 1 aliphatic carbocycles. The fourth-order valence-corrected chi connectivity index (χ4v) is 3.96. The van der Waals surface area contributed by atoms with Gasteiger partial charge >= 0.3 is 6.03 Å². The lowest BCUT2D eigenvalue weighted by Crippen LogP contribution is -2.46. The normalized spacial score (nSPS) is 17.2. The van der Waals surface area contributed by atoms with Crippen LogP contribution in [0.3, 0.4) is 0 Å². The van der Waals surface area contributed by atoms with Crippen molar-refractivity contribution in [2.75, 3.05) is 25.0 Å². The van der Waals surface area contributed by atoms with Crippen LogP contribution < -0.4 is 16.0 Å². The number of pyridine rings is 1. The summed E-state index contributed by atoms with van der Waals surface area (Å²) in [6, 6.07) is 9.21. The third kappa shape index (κ3) is 6.42. The summed E-state index contributed by atoms with van der Waals surface area (Å²) >= 11 is 6.17. The average Bonchev–Trinajstić information content (AvgIpc) is 3.59. The predicted molar refractivity (Wildman–Crippen MR) is 121 cm³/mol. The van der Waals surface area contributed by atoms with Crippen molar-refractivity contribution in [1.82, 2.24) is 20.5 Å². The number of hydrogen-bond donors (Lipinski definition) is 3. The molecule has 0 unspecified atom stereocenters. The standard InChI is InChI=1S/C23H28ClN5O2/c24-21-4-3-19(15-20(21)22(30)26-17-1-2-17)28-23(31)27-18-8-13-29(14-9-18)12-7-16-5-10-25-11-6-16/h3-6,10-11,15,17-18H,1-2,7-9,12-14H2,(H,26,30)(H2,27,28,31). The maximum absolute atomic E-state index is 12.5. The van der Waals surface area contributed by atoms with Crippen LogP contribution in [0.25, 0.3) is 0 Å². The van der Waals surface area contributed by atoms with E-state index in [9.17, 15) is 9.59 Å². The van der Waals surface area contributed by atoms with Gasteiger partial charge < -0.3 is 20.9 Å². The van der Waals surface area contributed by atoms with Crippen molar-refractivity contribution >= 4 is 29.2 Å². The second kappa shape index (κ2) is 10.1. The predicted octanol–water partition coefficient (Wildman–Crippen LogP) is 3.46. The number of amides is 3. The molecule has 2 fully saturated rings. The molecule has 8 heteroatoms. The van der Waals surface area contributed by atoms with Gasteiger partial charge in [0.05, 0.1) is 10.6 Å². The molecular weight excluding hydrogens is 414 g/mol. The van der Waals surface area contributed by atoms with Crippen LogP contribution in [0.5, 0.6) is 0 Å². The van der Waals surface area contributed by atoms with Gasteiger partial charge in [0.25, 0.3) is 5.91 Å². The number of benzene rings is 1. The van der Waals surface area contributed by atoms with Crippen molar-refractivity contribution in [3.63, 3.8) is 0 Å². The Morgan fingerprint density at radius 3 is 2.42 bits per heavy atom. The minimum atomic E-state index is -0.258. The first-order chi connectivity index (χ1) is 15.1. The monoisotopic (exact) mass is 441 g/mol. The first kappa shape index (κ1) is 21.6. The van der Waals surface area contributed by atoms with Gasteiger partial charge in [-0.05, 0) is 68.0 Å². The van der Waals surface area contributed by atoms with Gasteiger partial charge in [-0.1, -0.05) is 11.6 Å². The minimum absolute atomic E-state index is 0.141. The van der Waals surface area contributed by atoms with Crippen molar-refractivity contribution in [3.05, 3.63) is 58.9 Å². The Balaban J connectivity index is 1.22. The highest BCUT2D eigenvalue weighted by Gasteiger charge is 2.25. The summed E-state index contributed by atoms with van der Waals surface area (Å²) in [4.78, 5) is 31.2. The number of nitrogens with zero attached hydrogens (tertiary/aromatic N) is 2. The Bertz CT molecular complexity index is 911. The fraction of sp³-hybridized carbons (Fsp3) is 0.435. The van der Waals surface area contributed by atoms with Crippen LogP contribution in [-0.4, -0.2) is 53.5 Å². The molecule has 3 N–H and O–H groups in total. The number of carbonyl (C=O) groups is 2. The van der Waals surface area contributed by atoms with Gasteiger partial charge in [-0.25, -0.2) is 4.79 Å². The zero-order valence-corrected chi connectivity index (χ0v) is 18.2. The molecule has 164 valence electrons. The van der Waals surface area contributed by atoms with Crippen molar-refractivity contribution in [2.45, 2.75) is 44.2 Å². The topological polar surface area (TPSA) is 86.4 Å². The number of halogens is 1. The van der Waals surface area contributed by atoms with Crippen molar-refractivity contribution < 1.29 is 9.59 Å². The number of aromatic nitrogens is 1. The van der Waals surface area contributed by atoms with Crippen LogP contribution in [0.4, 0.5) is 10.5 Å². The number of nitrogens with one attached hydrogen (secondary N) is 3. The van der Waals surface area contributed by atoms with Crippen LogP contribution in [-0.2, 0) is 6.42 Å². The number of hydrogen-bond acceptors (Lipinski definition) is 4. The van der Waals surface area contributed by atoms with Gasteiger partial charge in [0.1, 0.15) is 0 Å². The molecule has 0 atom stereocenters. The molecule has 31 heavy (non-hydrogen) atoms. The summed E-state index contributed by atoms with van der Waals surface area (Å²) in [7, 11) is 0.